The van der Waals surface area contributed by atoms with Crippen molar-refractivity contribution in [2.75, 3.05) is 36.5 Å². The minimum atomic E-state index is -0.175. The number of morpholine rings is 1. The van der Waals surface area contributed by atoms with Crippen molar-refractivity contribution in [2.24, 2.45) is 0 Å². The van der Waals surface area contributed by atoms with Crippen LogP contribution in [-0.2, 0) is 16.0 Å². The Balaban J connectivity index is 1.40. The Labute approximate surface area is 144 Å². The van der Waals surface area contributed by atoms with Crippen LogP contribution in [0.2, 0.25) is 0 Å². The lowest BCUT2D eigenvalue weighted by Crippen LogP contribution is -2.36. The number of nitrogens with one attached hydrogen (secondary N) is 1. The first-order chi connectivity index (χ1) is 12.3. The fraction of sp³-hybridized carbons (Fsp3) is 0.278. The topological polar surface area (TPSA) is 80.5 Å². The predicted molar refractivity (Wildman–Crippen MR) is 93.6 cm³/mol. The number of rotatable bonds is 4. The molecule has 0 spiro atoms. The van der Waals surface area contributed by atoms with Gasteiger partial charge in [0.2, 0.25) is 5.91 Å². The van der Waals surface area contributed by atoms with E-state index in [1.807, 2.05) is 36.4 Å². The van der Waals surface area contributed by atoms with Crippen molar-refractivity contribution in [3.05, 3.63) is 48.3 Å². The van der Waals surface area contributed by atoms with E-state index in [4.69, 9.17) is 9.26 Å². The van der Waals surface area contributed by atoms with Crippen LogP contribution in [-0.4, -0.2) is 42.4 Å². The second kappa shape index (κ2) is 6.90. The molecule has 1 amide bonds. The molecule has 2 aromatic heterocycles. The van der Waals surface area contributed by atoms with Gasteiger partial charge >= 0.3 is 0 Å². The molecule has 0 saturated carbocycles. The normalized spacial score (nSPS) is 14.6. The van der Waals surface area contributed by atoms with Gasteiger partial charge in [0, 0.05) is 18.5 Å². The minimum absolute atomic E-state index is 0.143. The van der Waals surface area contributed by atoms with Crippen molar-refractivity contribution in [1.29, 1.82) is 0 Å². The zero-order valence-electron chi connectivity index (χ0n) is 13.6. The van der Waals surface area contributed by atoms with Crippen LogP contribution in [0.1, 0.15) is 5.69 Å². The van der Waals surface area contributed by atoms with Gasteiger partial charge in [-0.2, -0.15) is 0 Å². The zero-order valence-corrected chi connectivity index (χ0v) is 13.6. The van der Waals surface area contributed by atoms with Gasteiger partial charge in [-0.25, -0.2) is 4.98 Å². The van der Waals surface area contributed by atoms with Crippen molar-refractivity contribution in [3.63, 3.8) is 0 Å². The molecule has 1 saturated heterocycles. The summed E-state index contributed by atoms with van der Waals surface area (Å²) in [7, 11) is 0. The standard InChI is InChI=1S/C18H18N4O3/c23-18(11-15-14-3-1-2-4-16(14)25-21-15)20-17-6-5-13(12-19-17)22-7-9-24-10-8-22/h1-6,12H,7-11H2,(H,19,20,23). The van der Waals surface area contributed by atoms with E-state index in [2.05, 4.69) is 20.4 Å². The van der Waals surface area contributed by atoms with Gasteiger partial charge in [-0.1, -0.05) is 17.3 Å². The summed E-state index contributed by atoms with van der Waals surface area (Å²) in [4.78, 5) is 18.8. The summed E-state index contributed by atoms with van der Waals surface area (Å²) in [5, 5.41) is 7.63. The van der Waals surface area contributed by atoms with Crippen LogP contribution < -0.4 is 10.2 Å². The van der Waals surface area contributed by atoms with E-state index in [1.54, 1.807) is 6.20 Å². The molecular weight excluding hydrogens is 320 g/mol. The summed E-state index contributed by atoms with van der Waals surface area (Å²) in [5.41, 5.74) is 2.33. The lowest BCUT2D eigenvalue weighted by molar-refractivity contribution is -0.115. The van der Waals surface area contributed by atoms with Crippen molar-refractivity contribution < 1.29 is 14.1 Å². The first kappa shape index (κ1) is 15.6. The van der Waals surface area contributed by atoms with Crippen LogP contribution >= 0.6 is 0 Å². The number of nitrogens with zero attached hydrogens (tertiary/aromatic N) is 3. The number of hydrogen-bond donors (Lipinski definition) is 1. The van der Waals surface area contributed by atoms with E-state index in [1.165, 1.54) is 0 Å². The molecule has 25 heavy (non-hydrogen) atoms. The predicted octanol–water partition coefficient (Wildman–Crippen LogP) is 2.24. The fourth-order valence-electron chi connectivity index (χ4n) is 2.87. The minimum Gasteiger partial charge on any atom is -0.378 e. The Bertz CT molecular complexity index is 869. The van der Waals surface area contributed by atoms with Crippen LogP contribution in [0.15, 0.2) is 47.1 Å². The molecule has 1 N–H and O–H groups in total. The third kappa shape index (κ3) is 3.46. The number of fused-ring (bicyclic) bond motifs is 1. The fourth-order valence-corrected chi connectivity index (χ4v) is 2.87. The highest BCUT2D eigenvalue weighted by Crippen LogP contribution is 2.19. The molecule has 3 heterocycles. The number of para-hydroxylation sites is 1. The second-order valence-corrected chi connectivity index (χ2v) is 5.85. The van der Waals surface area contributed by atoms with Crippen LogP contribution in [0.3, 0.4) is 0 Å². The van der Waals surface area contributed by atoms with Crippen molar-refractivity contribution >= 4 is 28.4 Å². The molecule has 7 heteroatoms. The number of ether oxygens (including phenoxy) is 1. The summed E-state index contributed by atoms with van der Waals surface area (Å²) in [6.07, 6.45) is 1.91. The van der Waals surface area contributed by atoms with Crippen molar-refractivity contribution in [2.45, 2.75) is 6.42 Å². The molecule has 4 rings (SSSR count). The summed E-state index contributed by atoms with van der Waals surface area (Å²) in [6, 6.07) is 11.3. The zero-order chi connectivity index (χ0) is 17.1. The molecule has 0 radical (unpaired) electrons. The Hall–Kier alpha value is -2.93. The average molecular weight is 338 g/mol. The highest BCUT2D eigenvalue weighted by Gasteiger charge is 2.14. The van der Waals surface area contributed by atoms with Gasteiger partial charge in [0.15, 0.2) is 5.58 Å². The van der Waals surface area contributed by atoms with Gasteiger partial charge in [0.1, 0.15) is 11.5 Å². The highest BCUT2D eigenvalue weighted by molar-refractivity contribution is 5.94. The largest absolute Gasteiger partial charge is 0.378 e. The second-order valence-electron chi connectivity index (χ2n) is 5.85. The summed E-state index contributed by atoms with van der Waals surface area (Å²) < 4.78 is 10.6. The number of amides is 1. The molecule has 7 nitrogen and oxygen atoms in total. The van der Waals surface area contributed by atoms with Crippen LogP contribution in [0, 0.1) is 0 Å². The molecule has 0 atom stereocenters. The molecule has 0 aliphatic carbocycles. The Morgan fingerprint density at radius 3 is 2.80 bits per heavy atom. The third-order valence-electron chi connectivity index (χ3n) is 4.17. The number of benzene rings is 1. The van der Waals surface area contributed by atoms with Gasteiger partial charge in [-0.15, -0.1) is 0 Å². The van der Waals surface area contributed by atoms with E-state index >= 15 is 0 Å². The maximum absolute atomic E-state index is 12.3. The molecule has 128 valence electrons. The molecular formula is C18H18N4O3. The lowest BCUT2D eigenvalue weighted by atomic mass is 10.1. The number of anilines is 2. The van der Waals surface area contributed by atoms with E-state index in [0.29, 0.717) is 17.1 Å². The molecule has 1 aromatic carbocycles. The number of pyridine rings is 1. The Kier molecular flexibility index (Phi) is 4.30. The van der Waals surface area contributed by atoms with E-state index in [0.717, 1.165) is 37.4 Å². The molecule has 0 unspecified atom stereocenters. The Morgan fingerprint density at radius 1 is 1.16 bits per heavy atom. The van der Waals surface area contributed by atoms with E-state index < -0.39 is 0 Å². The number of hydrogen-bond acceptors (Lipinski definition) is 6. The van der Waals surface area contributed by atoms with Gasteiger partial charge in [-0.05, 0) is 24.3 Å². The lowest BCUT2D eigenvalue weighted by Gasteiger charge is -2.28. The smallest absolute Gasteiger partial charge is 0.231 e. The van der Waals surface area contributed by atoms with Crippen molar-refractivity contribution in [1.82, 2.24) is 10.1 Å². The summed E-state index contributed by atoms with van der Waals surface area (Å²) >= 11 is 0. The molecule has 0 bridgehead atoms. The van der Waals surface area contributed by atoms with Gasteiger partial charge in [0.05, 0.1) is 31.5 Å². The van der Waals surface area contributed by atoms with E-state index in [9.17, 15) is 4.79 Å². The molecule has 1 fully saturated rings. The summed E-state index contributed by atoms with van der Waals surface area (Å²) in [5.74, 6) is 0.348. The van der Waals surface area contributed by atoms with Gasteiger partial charge in [0.25, 0.3) is 0 Å². The maximum atomic E-state index is 12.3. The first-order valence-corrected chi connectivity index (χ1v) is 8.21. The van der Waals surface area contributed by atoms with Crippen molar-refractivity contribution in [3.8, 4) is 0 Å². The number of aromatic nitrogens is 2. The molecule has 1 aliphatic heterocycles. The number of carbonyl (C=O) groups is 1. The van der Waals surface area contributed by atoms with E-state index in [-0.39, 0.29) is 12.3 Å². The Morgan fingerprint density at radius 2 is 2.00 bits per heavy atom. The van der Waals surface area contributed by atoms with Gasteiger partial charge < -0.3 is 19.5 Å². The highest BCUT2D eigenvalue weighted by atomic mass is 16.5. The maximum Gasteiger partial charge on any atom is 0.231 e. The van der Waals surface area contributed by atoms with Crippen LogP contribution in [0.5, 0.6) is 0 Å². The quantitative estimate of drug-likeness (QED) is 0.786. The van der Waals surface area contributed by atoms with Crippen LogP contribution in [0.4, 0.5) is 11.5 Å². The number of carbonyl (C=O) groups excluding carboxylic acids is 1. The monoisotopic (exact) mass is 338 g/mol. The molecule has 1 aliphatic rings. The molecule has 3 aromatic rings. The first-order valence-electron chi connectivity index (χ1n) is 8.21. The third-order valence-corrected chi connectivity index (χ3v) is 4.17. The average Bonchev–Trinajstić information content (AvgIpc) is 3.06. The summed E-state index contributed by atoms with van der Waals surface area (Å²) in [6.45, 7) is 3.16. The van der Waals surface area contributed by atoms with Crippen LogP contribution in [0.25, 0.3) is 11.0 Å². The van der Waals surface area contributed by atoms with Gasteiger partial charge in [-0.3, -0.25) is 4.79 Å². The SMILES string of the molecule is O=C(Cc1noc2ccccc12)Nc1ccc(N2CCOCC2)cn1.